The van der Waals surface area contributed by atoms with Gasteiger partial charge in [0, 0.05) is 25.3 Å². The van der Waals surface area contributed by atoms with E-state index in [4.69, 9.17) is 4.74 Å². The van der Waals surface area contributed by atoms with E-state index in [0.29, 0.717) is 13.1 Å². The zero-order valence-corrected chi connectivity index (χ0v) is 14.9. The van der Waals surface area contributed by atoms with Crippen LogP contribution in [0.3, 0.4) is 0 Å². The summed E-state index contributed by atoms with van der Waals surface area (Å²) in [6, 6.07) is 8.01. The molecule has 2 fully saturated rings. The van der Waals surface area contributed by atoms with Gasteiger partial charge in [-0.15, -0.1) is 0 Å². The Morgan fingerprint density at radius 1 is 1.16 bits per heavy atom. The van der Waals surface area contributed by atoms with Crippen molar-refractivity contribution in [1.82, 2.24) is 9.80 Å². The first-order valence-corrected chi connectivity index (χ1v) is 9.11. The van der Waals surface area contributed by atoms with Crippen LogP contribution in [0.2, 0.25) is 0 Å². The van der Waals surface area contributed by atoms with Gasteiger partial charge in [0.2, 0.25) is 5.91 Å². The third-order valence-electron chi connectivity index (χ3n) is 5.09. The number of carbonyl (C=O) groups excluding carboxylic acids is 2. The summed E-state index contributed by atoms with van der Waals surface area (Å²) in [7, 11) is 1.38. The van der Waals surface area contributed by atoms with Crippen LogP contribution in [0.5, 0.6) is 0 Å². The molecule has 1 N–H and O–H groups in total. The predicted octanol–water partition coefficient (Wildman–Crippen LogP) is 2.70. The number of hydrogen-bond donors (Lipinski definition) is 1. The molecule has 0 spiro atoms. The standard InChI is InChI=1S/C19H27N3O3/c1-25-19(24)22-12-6-8-16(14-22)18(23)20-17-9-3-2-7-15(17)13-21-10-4-5-11-21/h2-3,7,9,16H,4-6,8,10-14H2,1H3,(H,20,23)/t16-/m0/s1. The third kappa shape index (κ3) is 4.51. The number of nitrogens with zero attached hydrogens (tertiary/aromatic N) is 2. The summed E-state index contributed by atoms with van der Waals surface area (Å²) in [4.78, 5) is 28.5. The SMILES string of the molecule is COC(=O)N1CCC[C@H](C(=O)Nc2ccccc2CN2CCCC2)C1. The van der Waals surface area contributed by atoms with Crippen molar-refractivity contribution in [1.29, 1.82) is 0 Å². The maximum atomic E-state index is 12.7. The maximum Gasteiger partial charge on any atom is 0.409 e. The van der Waals surface area contributed by atoms with Crippen LogP contribution < -0.4 is 5.32 Å². The summed E-state index contributed by atoms with van der Waals surface area (Å²) in [5, 5.41) is 3.09. The molecule has 1 aromatic carbocycles. The highest BCUT2D eigenvalue weighted by atomic mass is 16.5. The number of likely N-dealkylation sites (tertiary alicyclic amines) is 2. The topological polar surface area (TPSA) is 61.9 Å². The molecule has 0 bridgehead atoms. The van der Waals surface area contributed by atoms with Crippen LogP contribution >= 0.6 is 0 Å². The van der Waals surface area contributed by atoms with Crippen molar-refractivity contribution in [3.8, 4) is 0 Å². The van der Waals surface area contributed by atoms with Gasteiger partial charge >= 0.3 is 6.09 Å². The average molecular weight is 345 g/mol. The Balaban J connectivity index is 1.63. The Labute approximate surface area is 149 Å². The number of benzene rings is 1. The van der Waals surface area contributed by atoms with Crippen LogP contribution in [0.1, 0.15) is 31.2 Å². The molecule has 2 saturated heterocycles. The van der Waals surface area contributed by atoms with Crippen molar-refractivity contribution < 1.29 is 14.3 Å². The van der Waals surface area contributed by atoms with Gasteiger partial charge in [-0.25, -0.2) is 4.79 Å². The number of piperidine rings is 1. The van der Waals surface area contributed by atoms with Crippen LogP contribution in [0.4, 0.5) is 10.5 Å². The van der Waals surface area contributed by atoms with E-state index >= 15 is 0 Å². The van der Waals surface area contributed by atoms with Gasteiger partial charge in [0.25, 0.3) is 0 Å². The quantitative estimate of drug-likeness (QED) is 0.911. The van der Waals surface area contributed by atoms with Crippen molar-refractivity contribution in [3.05, 3.63) is 29.8 Å². The molecule has 25 heavy (non-hydrogen) atoms. The van der Waals surface area contributed by atoms with Crippen LogP contribution in [0.25, 0.3) is 0 Å². The molecular weight excluding hydrogens is 318 g/mol. The zero-order valence-electron chi connectivity index (χ0n) is 14.9. The fourth-order valence-corrected chi connectivity index (χ4v) is 3.68. The van der Waals surface area contributed by atoms with Crippen LogP contribution in [-0.4, -0.2) is 55.1 Å². The first-order valence-electron chi connectivity index (χ1n) is 9.11. The molecule has 2 aliphatic heterocycles. The molecule has 0 radical (unpaired) electrons. The van der Waals surface area contributed by atoms with E-state index < -0.39 is 0 Å². The molecule has 1 aromatic rings. The molecule has 1 atom stereocenters. The number of methoxy groups -OCH3 is 1. The minimum Gasteiger partial charge on any atom is -0.453 e. The van der Waals surface area contributed by atoms with E-state index in [1.54, 1.807) is 4.90 Å². The molecular formula is C19H27N3O3. The van der Waals surface area contributed by atoms with Crippen molar-refractivity contribution >= 4 is 17.7 Å². The van der Waals surface area contributed by atoms with E-state index in [0.717, 1.165) is 43.7 Å². The summed E-state index contributed by atoms with van der Waals surface area (Å²) in [6.45, 7) is 4.20. The molecule has 6 heteroatoms. The Morgan fingerprint density at radius 2 is 1.92 bits per heavy atom. The van der Waals surface area contributed by atoms with Crippen molar-refractivity contribution in [2.75, 3.05) is 38.6 Å². The maximum absolute atomic E-state index is 12.7. The molecule has 0 saturated carbocycles. The van der Waals surface area contributed by atoms with Gasteiger partial charge in [-0.3, -0.25) is 9.69 Å². The Hall–Kier alpha value is -2.08. The van der Waals surface area contributed by atoms with Crippen LogP contribution in [-0.2, 0) is 16.1 Å². The lowest BCUT2D eigenvalue weighted by molar-refractivity contribution is -0.121. The van der Waals surface area contributed by atoms with Gasteiger partial charge in [0.15, 0.2) is 0 Å². The summed E-state index contributed by atoms with van der Waals surface area (Å²) >= 11 is 0. The molecule has 6 nitrogen and oxygen atoms in total. The van der Waals surface area contributed by atoms with E-state index in [2.05, 4.69) is 16.3 Å². The minimum absolute atomic E-state index is 0.0116. The van der Waals surface area contributed by atoms with Gasteiger partial charge in [0.05, 0.1) is 13.0 Å². The van der Waals surface area contributed by atoms with Gasteiger partial charge in [-0.2, -0.15) is 0 Å². The Bertz CT molecular complexity index is 614. The fraction of sp³-hybridized carbons (Fsp3) is 0.579. The van der Waals surface area contributed by atoms with Gasteiger partial charge in [-0.05, 0) is 50.4 Å². The second kappa shape index (κ2) is 8.34. The predicted molar refractivity (Wildman–Crippen MR) is 96.3 cm³/mol. The highest BCUT2D eigenvalue weighted by Gasteiger charge is 2.29. The molecule has 136 valence electrons. The fourth-order valence-electron chi connectivity index (χ4n) is 3.68. The van der Waals surface area contributed by atoms with Crippen molar-refractivity contribution in [3.63, 3.8) is 0 Å². The normalized spacial score (nSPS) is 21.2. The number of nitrogens with one attached hydrogen (secondary N) is 1. The molecule has 2 aliphatic rings. The zero-order chi connectivity index (χ0) is 17.6. The van der Waals surface area contributed by atoms with Crippen LogP contribution in [0, 0.1) is 5.92 Å². The van der Waals surface area contributed by atoms with Gasteiger partial charge in [-0.1, -0.05) is 18.2 Å². The first kappa shape index (κ1) is 17.7. The van der Waals surface area contributed by atoms with Crippen molar-refractivity contribution in [2.24, 2.45) is 5.92 Å². The monoisotopic (exact) mass is 345 g/mol. The first-order chi connectivity index (χ1) is 12.2. The molecule has 2 heterocycles. The number of para-hydroxylation sites is 1. The lowest BCUT2D eigenvalue weighted by atomic mass is 9.97. The molecule has 2 amide bonds. The number of carbonyl (C=O) groups is 2. The van der Waals surface area contributed by atoms with Crippen LogP contribution in [0.15, 0.2) is 24.3 Å². The summed E-state index contributed by atoms with van der Waals surface area (Å²) < 4.78 is 4.78. The highest BCUT2D eigenvalue weighted by molar-refractivity contribution is 5.93. The molecule has 0 aliphatic carbocycles. The molecule has 3 rings (SSSR count). The largest absolute Gasteiger partial charge is 0.453 e. The lowest BCUT2D eigenvalue weighted by Crippen LogP contribution is -2.43. The number of amides is 2. The summed E-state index contributed by atoms with van der Waals surface area (Å²) in [6.07, 6.45) is 3.77. The second-order valence-corrected chi connectivity index (χ2v) is 6.88. The smallest absolute Gasteiger partial charge is 0.409 e. The number of hydrogen-bond acceptors (Lipinski definition) is 4. The number of anilines is 1. The summed E-state index contributed by atoms with van der Waals surface area (Å²) in [5.41, 5.74) is 2.04. The average Bonchev–Trinajstić information content (AvgIpc) is 3.16. The third-order valence-corrected chi connectivity index (χ3v) is 5.09. The lowest BCUT2D eigenvalue weighted by Gasteiger charge is -2.31. The van der Waals surface area contributed by atoms with E-state index in [-0.39, 0.29) is 17.9 Å². The minimum atomic E-state index is -0.355. The second-order valence-electron chi connectivity index (χ2n) is 6.88. The van der Waals surface area contributed by atoms with E-state index in [9.17, 15) is 9.59 Å². The molecule has 0 aromatic heterocycles. The van der Waals surface area contributed by atoms with Crippen molar-refractivity contribution in [2.45, 2.75) is 32.2 Å². The Kier molecular flexibility index (Phi) is 5.91. The van der Waals surface area contributed by atoms with Gasteiger partial charge < -0.3 is 15.0 Å². The molecule has 0 unspecified atom stereocenters. The van der Waals surface area contributed by atoms with Gasteiger partial charge in [0.1, 0.15) is 0 Å². The van der Waals surface area contributed by atoms with E-state index in [1.807, 2.05) is 18.2 Å². The number of ether oxygens (including phenoxy) is 1. The summed E-state index contributed by atoms with van der Waals surface area (Å²) in [5.74, 6) is -0.199. The Morgan fingerprint density at radius 3 is 2.68 bits per heavy atom. The highest BCUT2D eigenvalue weighted by Crippen LogP contribution is 2.23. The van der Waals surface area contributed by atoms with E-state index in [1.165, 1.54) is 20.0 Å². The number of rotatable bonds is 4.